The van der Waals surface area contributed by atoms with Gasteiger partial charge in [0.25, 0.3) is 0 Å². The molecular formula is C14H19N5O2. The summed E-state index contributed by atoms with van der Waals surface area (Å²) in [6, 6.07) is 2.31. The summed E-state index contributed by atoms with van der Waals surface area (Å²) in [4.78, 5) is 6.53. The van der Waals surface area contributed by atoms with Gasteiger partial charge in [0, 0.05) is 25.2 Å². The van der Waals surface area contributed by atoms with Crippen LogP contribution in [-0.2, 0) is 6.61 Å². The third kappa shape index (κ3) is 3.30. The monoisotopic (exact) mass is 289 g/mol. The zero-order chi connectivity index (χ0) is 14.7. The summed E-state index contributed by atoms with van der Waals surface area (Å²) in [6.45, 7) is 4.07. The topological polar surface area (TPSA) is 90.3 Å². The SMILES string of the molecule is Cc1nonc1COc1cncc(N2CCC(N)CC2)c1. The quantitative estimate of drug-likeness (QED) is 0.906. The van der Waals surface area contributed by atoms with E-state index in [1.807, 2.05) is 19.2 Å². The number of piperidine rings is 1. The number of rotatable bonds is 4. The Balaban J connectivity index is 1.64. The maximum Gasteiger partial charge on any atom is 0.145 e. The van der Waals surface area contributed by atoms with Gasteiger partial charge in [0.2, 0.25) is 0 Å². The normalized spacial score (nSPS) is 16.2. The minimum atomic E-state index is 0.316. The molecule has 3 heterocycles. The van der Waals surface area contributed by atoms with Gasteiger partial charge in [-0.2, -0.15) is 0 Å². The van der Waals surface area contributed by atoms with E-state index in [0.29, 0.717) is 24.1 Å². The van der Waals surface area contributed by atoms with Gasteiger partial charge < -0.3 is 15.4 Å². The summed E-state index contributed by atoms with van der Waals surface area (Å²) in [7, 11) is 0. The van der Waals surface area contributed by atoms with Crippen molar-refractivity contribution in [1.82, 2.24) is 15.3 Å². The van der Waals surface area contributed by atoms with Gasteiger partial charge in [-0.1, -0.05) is 10.3 Å². The predicted octanol–water partition coefficient (Wildman–Crippen LogP) is 1.28. The van der Waals surface area contributed by atoms with E-state index in [0.717, 1.165) is 37.3 Å². The smallest absolute Gasteiger partial charge is 0.145 e. The van der Waals surface area contributed by atoms with Crippen molar-refractivity contribution >= 4 is 5.69 Å². The summed E-state index contributed by atoms with van der Waals surface area (Å²) in [5.74, 6) is 0.713. The van der Waals surface area contributed by atoms with E-state index in [4.69, 9.17) is 10.5 Å². The Bertz CT molecular complexity index is 593. The highest BCUT2D eigenvalue weighted by atomic mass is 16.6. The summed E-state index contributed by atoms with van der Waals surface area (Å²) in [6.07, 6.45) is 5.57. The predicted molar refractivity (Wildman–Crippen MR) is 77.0 cm³/mol. The molecule has 2 aromatic rings. The van der Waals surface area contributed by atoms with Crippen molar-refractivity contribution < 1.29 is 9.37 Å². The van der Waals surface area contributed by atoms with E-state index in [-0.39, 0.29) is 0 Å². The van der Waals surface area contributed by atoms with Crippen molar-refractivity contribution in [3.8, 4) is 5.75 Å². The Morgan fingerprint density at radius 2 is 2.14 bits per heavy atom. The Morgan fingerprint density at radius 1 is 1.33 bits per heavy atom. The molecule has 0 aromatic carbocycles. The largest absolute Gasteiger partial charge is 0.485 e. The molecule has 0 aliphatic carbocycles. The molecule has 0 atom stereocenters. The Labute approximate surface area is 123 Å². The highest BCUT2D eigenvalue weighted by Gasteiger charge is 2.17. The molecule has 7 heteroatoms. The summed E-state index contributed by atoms with van der Waals surface area (Å²) in [5.41, 5.74) is 8.43. The van der Waals surface area contributed by atoms with Crippen molar-refractivity contribution in [1.29, 1.82) is 0 Å². The second-order valence-corrected chi connectivity index (χ2v) is 5.29. The number of anilines is 1. The molecule has 21 heavy (non-hydrogen) atoms. The van der Waals surface area contributed by atoms with Crippen LogP contribution in [0.1, 0.15) is 24.2 Å². The minimum absolute atomic E-state index is 0.316. The van der Waals surface area contributed by atoms with E-state index in [9.17, 15) is 0 Å². The van der Waals surface area contributed by atoms with Crippen LogP contribution in [0.15, 0.2) is 23.1 Å². The third-order valence-electron chi connectivity index (χ3n) is 3.73. The van der Waals surface area contributed by atoms with Crippen molar-refractivity contribution in [2.45, 2.75) is 32.4 Å². The van der Waals surface area contributed by atoms with Gasteiger partial charge in [0.15, 0.2) is 0 Å². The van der Waals surface area contributed by atoms with E-state index < -0.39 is 0 Å². The fourth-order valence-electron chi connectivity index (χ4n) is 2.35. The molecule has 7 nitrogen and oxygen atoms in total. The molecule has 112 valence electrons. The van der Waals surface area contributed by atoms with E-state index in [1.165, 1.54) is 0 Å². The van der Waals surface area contributed by atoms with Gasteiger partial charge in [-0.25, -0.2) is 4.63 Å². The Morgan fingerprint density at radius 3 is 2.86 bits per heavy atom. The molecule has 2 aromatic heterocycles. The lowest BCUT2D eigenvalue weighted by molar-refractivity contribution is 0.269. The van der Waals surface area contributed by atoms with Crippen LogP contribution in [0.25, 0.3) is 0 Å². The minimum Gasteiger partial charge on any atom is -0.485 e. The van der Waals surface area contributed by atoms with Crippen LogP contribution in [0.4, 0.5) is 5.69 Å². The molecule has 0 unspecified atom stereocenters. The molecule has 1 aliphatic rings. The van der Waals surface area contributed by atoms with Gasteiger partial charge in [0.1, 0.15) is 23.7 Å². The third-order valence-corrected chi connectivity index (χ3v) is 3.73. The number of hydrogen-bond donors (Lipinski definition) is 1. The number of nitrogens with zero attached hydrogens (tertiary/aromatic N) is 4. The first kappa shape index (κ1) is 13.8. The zero-order valence-electron chi connectivity index (χ0n) is 12.0. The summed E-state index contributed by atoms with van der Waals surface area (Å²) in [5, 5.41) is 7.52. The molecule has 2 N–H and O–H groups in total. The summed E-state index contributed by atoms with van der Waals surface area (Å²) >= 11 is 0. The van der Waals surface area contributed by atoms with E-state index in [2.05, 4.69) is 24.8 Å². The molecule has 1 aliphatic heterocycles. The van der Waals surface area contributed by atoms with Crippen molar-refractivity contribution in [2.75, 3.05) is 18.0 Å². The van der Waals surface area contributed by atoms with Gasteiger partial charge in [-0.05, 0) is 19.8 Å². The van der Waals surface area contributed by atoms with Gasteiger partial charge in [-0.3, -0.25) is 4.98 Å². The maximum atomic E-state index is 5.93. The zero-order valence-corrected chi connectivity index (χ0v) is 12.0. The number of nitrogens with two attached hydrogens (primary N) is 1. The molecule has 3 rings (SSSR count). The second kappa shape index (κ2) is 6.09. The Hall–Kier alpha value is -2.15. The number of aryl methyl sites for hydroxylation is 1. The first-order valence-corrected chi connectivity index (χ1v) is 7.09. The molecular weight excluding hydrogens is 270 g/mol. The first-order valence-electron chi connectivity index (χ1n) is 7.09. The summed E-state index contributed by atoms with van der Waals surface area (Å²) < 4.78 is 10.4. The lowest BCUT2D eigenvalue weighted by Crippen LogP contribution is -2.39. The number of hydrogen-bond acceptors (Lipinski definition) is 7. The molecule has 0 spiro atoms. The fourth-order valence-corrected chi connectivity index (χ4v) is 2.35. The highest BCUT2D eigenvalue weighted by Crippen LogP contribution is 2.23. The lowest BCUT2D eigenvalue weighted by atomic mass is 10.1. The fraction of sp³-hybridized carbons (Fsp3) is 0.500. The average molecular weight is 289 g/mol. The molecule has 1 fully saturated rings. The molecule has 0 bridgehead atoms. The molecule has 0 amide bonds. The number of pyridine rings is 1. The first-order chi connectivity index (χ1) is 10.2. The van der Waals surface area contributed by atoms with Crippen LogP contribution < -0.4 is 15.4 Å². The van der Waals surface area contributed by atoms with Crippen LogP contribution in [0.2, 0.25) is 0 Å². The highest BCUT2D eigenvalue weighted by molar-refractivity contribution is 5.48. The number of ether oxygens (including phenoxy) is 1. The molecule has 1 saturated heterocycles. The van der Waals surface area contributed by atoms with Crippen LogP contribution in [-0.4, -0.2) is 34.4 Å². The van der Waals surface area contributed by atoms with E-state index in [1.54, 1.807) is 6.20 Å². The van der Waals surface area contributed by atoms with Crippen LogP contribution >= 0.6 is 0 Å². The Kier molecular flexibility index (Phi) is 4.01. The van der Waals surface area contributed by atoms with Gasteiger partial charge in [-0.15, -0.1) is 0 Å². The average Bonchev–Trinajstić information content (AvgIpc) is 2.91. The van der Waals surface area contributed by atoms with Gasteiger partial charge in [0.05, 0.1) is 18.1 Å². The van der Waals surface area contributed by atoms with Crippen LogP contribution in [0.3, 0.4) is 0 Å². The van der Waals surface area contributed by atoms with Crippen molar-refractivity contribution in [2.24, 2.45) is 5.73 Å². The van der Waals surface area contributed by atoms with Crippen LogP contribution in [0, 0.1) is 6.92 Å². The molecule has 0 saturated carbocycles. The lowest BCUT2D eigenvalue weighted by Gasteiger charge is -2.31. The van der Waals surface area contributed by atoms with Crippen LogP contribution in [0.5, 0.6) is 5.75 Å². The standard InChI is InChI=1S/C14H19N5O2/c1-10-14(18-21-17-10)9-20-13-6-12(7-16-8-13)19-4-2-11(15)3-5-19/h6-8,11H,2-5,9,15H2,1H3. The van der Waals surface area contributed by atoms with E-state index >= 15 is 0 Å². The van der Waals surface area contributed by atoms with Crippen molar-refractivity contribution in [3.05, 3.63) is 29.8 Å². The van der Waals surface area contributed by atoms with Gasteiger partial charge >= 0.3 is 0 Å². The second-order valence-electron chi connectivity index (χ2n) is 5.29. The molecule has 0 radical (unpaired) electrons. The number of aromatic nitrogens is 3. The maximum absolute atomic E-state index is 5.93. The van der Waals surface area contributed by atoms with Crippen molar-refractivity contribution in [3.63, 3.8) is 0 Å².